The van der Waals surface area contributed by atoms with E-state index >= 15 is 0 Å². The highest BCUT2D eigenvalue weighted by Gasteiger charge is 2.42. The van der Waals surface area contributed by atoms with Gasteiger partial charge in [0.25, 0.3) is 11.8 Å². The Kier molecular flexibility index (Phi) is 13.0. The van der Waals surface area contributed by atoms with Gasteiger partial charge in [0, 0.05) is 70.6 Å². The van der Waals surface area contributed by atoms with E-state index in [1.165, 1.54) is 0 Å². The van der Waals surface area contributed by atoms with Gasteiger partial charge in [-0.2, -0.15) is 10.2 Å². The Hall–Kier alpha value is -6.90. The predicted octanol–water partition coefficient (Wildman–Crippen LogP) is 3.08. The number of nitrogens with zero attached hydrogens (tertiary/aromatic N) is 9. The minimum absolute atomic E-state index is 0.192. The maximum Gasteiger partial charge on any atom is 0.276 e. The van der Waals surface area contributed by atoms with Crippen molar-refractivity contribution in [2.45, 2.75) is 65.9 Å². The highest BCUT2D eigenvalue weighted by molar-refractivity contribution is 6.05. The molecule has 332 valence electrons. The maximum atomic E-state index is 13.8. The summed E-state index contributed by atoms with van der Waals surface area (Å²) in [5.41, 5.74) is 15.8. The SMILES string of the molecule is CCn1nc(C)cc1C(=O)Nc1nc2cc(C(N)=O)ccc2n1C/C=C/Cn1c(NC(=O)c2cc(C)nn2CC)nc2cc(C(N)=O)cc(OCCCN3CC(CNC)(OC)C3)c21. The van der Waals surface area contributed by atoms with Crippen LogP contribution in [0.15, 0.2) is 54.6 Å². The van der Waals surface area contributed by atoms with Crippen LogP contribution in [0.3, 0.4) is 0 Å². The van der Waals surface area contributed by atoms with Crippen molar-refractivity contribution in [1.29, 1.82) is 0 Å². The zero-order valence-corrected chi connectivity index (χ0v) is 36.4. The Balaban J connectivity index is 1.20. The molecule has 0 radical (unpaired) electrons. The molecule has 1 saturated heterocycles. The molecular formula is C43H54N14O6. The standard InChI is InChI=1S/C43H54N14O6/c1-7-56-33(18-26(3)51-56)39(60)49-41-47-30-20-28(37(44)58)12-13-32(30)54(41)15-9-10-16-55-36-31(48-42(55)50-40(61)34-19-27(4)52-57(34)8-2)21-29(38(45)59)22-35(36)63-17-11-14-53-24-43(25-53,62-6)23-46-5/h9-10,12-13,18-22,46H,7-8,11,14-17,23-25H2,1-6H3,(H2,44,58)(H2,45,59)(H,47,49,60)(H,48,50,61)/b10-9+. The van der Waals surface area contributed by atoms with Crippen LogP contribution in [0.2, 0.25) is 0 Å². The van der Waals surface area contributed by atoms with Crippen molar-refractivity contribution in [1.82, 2.24) is 48.9 Å². The fourth-order valence-corrected chi connectivity index (χ4v) is 7.98. The van der Waals surface area contributed by atoms with E-state index < -0.39 is 23.6 Å². The summed E-state index contributed by atoms with van der Waals surface area (Å²) >= 11 is 0. The van der Waals surface area contributed by atoms with E-state index in [9.17, 15) is 19.2 Å². The number of benzene rings is 2. The van der Waals surface area contributed by atoms with Crippen LogP contribution in [0.1, 0.15) is 73.3 Å². The number of hydrogen-bond donors (Lipinski definition) is 5. The highest BCUT2D eigenvalue weighted by atomic mass is 16.5. The molecule has 20 heteroatoms. The Morgan fingerprint density at radius 3 is 1.94 bits per heavy atom. The number of allylic oxidation sites excluding steroid dienone is 2. The molecule has 2 aromatic carbocycles. The maximum absolute atomic E-state index is 13.8. The number of likely N-dealkylation sites (N-methyl/N-ethyl adjacent to an activating group) is 1. The molecule has 5 heterocycles. The normalized spacial score (nSPS) is 13.8. The first-order valence-corrected chi connectivity index (χ1v) is 20.8. The first-order chi connectivity index (χ1) is 30.3. The fraction of sp³-hybridized carbons (Fsp3) is 0.395. The van der Waals surface area contributed by atoms with Crippen LogP contribution in [-0.4, -0.2) is 120 Å². The van der Waals surface area contributed by atoms with E-state index in [0.29, 0.717) is 76.7 Å². The van der Waals surface area contributed by atoms with Crippen LogP contribution in [0.4, 0.5) is 11.9 Å². The third-order valence-electron chi connectivity index (χ3n) is 11.0. The molecule has 1 fully saturated rings. The number of carbonyl (C=O) groups is 4. The molecule has 4 aromatic heterocycles. The number of carbonyl (C=O) groups excluding carboxylic acids is 4. The quantitative estimate of drug-likeness (QED) is 0.0549. The lowest BCUT2D eigenvalue weighted by atomic mass is 9.93. The molecular weight excluding hydrogens is 809 g/mol. The largest absolute Gasteiger partial charge is 0.491 e. The van der Waals surface area contributed by atoms with Gasteiger partial charge in [0.05, 0.1) is 34.5 Å². The highest BCUT2D eigenvalue weighted by Crippen LogP contribution is 2.32. The van der Waals surface area contributed by atoms with Crippen molar-refractivity contribution in [2.24, 2.45) is 11.5 Å². The molecule has 4 amide bonds. The molecule has 1 aliphatic rings. The van der Waals surface area contributed by atoms with Gasteiger partial charge >= 0.3 is 0 Å². The lowest BCUT2D eigenvalue weighted by Crippen LogP contribution is -2.66. The van der Waals surface area contributed by atoms with Gasteiger partial charge in [0.1, 0.15) is 28.3 Å². The zero-order valence-electron chi connectivity index (χ0n) is 36.4. The summed E-state index contributed by atoms with van der Waals surface area (Å²) in [6.07, 6.45) is 4.45. The number of primary amides is 2. The molecule has 0 aliphatic carbocycles. The average Bonchev–Trinajstić information content (AvgIpc) is 4.01. The number of fused-ring (bicyclic) bond motifs is 2. The van der Waals surface area contributed by atoms with Gasteiger partial charge in [-0.25, -0.2) is 9.97 Å². The van der Waals surface area contributed by atoms with Gasteiger partial charge in [-0.3, -0.25) is 44.1 Å². The number of ether oxygens (including phenoxy) is 2. The second-order valence-corrected chi connectivity index (χ2v) is 15.5. The summed E-state index contributed by atoms with van der Waals surface area (Å²) in [4.78, 5) is 63.8. The van der Waals surface area contributed by atoms with Gasteiger partial charge in [-0.15, -0.1) is 0 Å². The third-order valence-corrected chi connectivity index (χ3v) is 11.0. The molecule has 7 rings (SSSR count). The average molecular weight is 863 g/mol. The van der Waals surface area contributed by atoms with Crippen LogP contribution in [0.25, 0.3) is 22.1 Å². The molecule has 0 atom stereocenters. The van der Waals surface area contributed by atoms with Crippen molar-refractivity contribution in [3.05, 3.63) is 88.5 Å². The van der Waals surface area contributed by atoms with E-state index in [1.807, 2.05) is 46.9 Å². The number of amides is 4. The monoisotopic (exact) mass is 862 g/mol. The number of aryl methyl sites for hydroxylation is 4. The molecule has 63 heavy (non-hydrogen) atoms. The summed E-state index contributed by atoms with van der Waals surface area (Å²) in [6.45, 7) is 12.3. The number of nitrogens with one attached hydrogen (secondary N) is 3. The summed E-state index contributed by atoms with van der Waals surface area (Å²) in [7, 11) is 3.64. The number of anilines is 2. The van der Waals surface area contributed by atoms with Gasteiger partial charge in [-0.05, 0) is 83.6 Å². The molecule has 20 nitrogen and oxygen atoms in total. The van der Waals surface area contributed by atoms with Crippen molar-refractivity contribution in [3.63, 3.8) is 0 Å². The molecule has 1 aliphatic heterocycles. The number of rotatable bonds is 20. The molecule has 7 N–H and O–H groups in total. The Bertz CT molecular complexity index is 2720. The lowest BCUT2D eigenvalue weighted by Gasteiger charge is -2.49. The molecule has 0 saturated carbocycles. The van der Waals surface area contributed by atoms with Crippen molar-refractivity contribution in [2.75, 3.05) is 57.6 Å². The van der Waals surface area contributed by atoms with Crippen LogP contribution < -0.4 is 32.2 Å². The second-order valence-electron chi connectivity index (χ2n) is 15.5. The van der Waals surface area contributed by atoms with Crippen molar-refractivity contribution in [3.8, 4) is 5.75 Å². The number of aromatic nitrogens is 8. The van der Waals surface area contributed by atoms with E-state index in [-0.39, 0.29) is 41.7 Å². The number of hydrogen-bond acceptors (Lipinski definition) is 12. The van der Waals surface area contributed by atoms with Crippen LogP contribution in [-0.2, 0) is 30.9 Å². The fourth-order valence-electron chi connectivity index (χ4n) is 7.98. The molecule has 0 bridgehead atoms. The zero-order chi connectivity index (χ0) is 45.0. The van der Waals surface area contributed by atoms with Crippen LogP contribution in [0.5, 0.6) is 5.75 Å². The predicted molar refractivity (Wildman–Crippen MR) is 237 cm³/mol. The summed E-state index contributed by atoms with van der Waals surface area (Å²) in [6, 6.07) is 11.5. The van der Waals surface area contributed by atoms with Gasteiger partial charge in [0.2, 0.25) is 23.7 Å². The van der Waals surface area contributed by atoms with Gasteiger partial charge in [-0.1, -0.05) is 12.2 Å². The minimum atomic E-state index is -0.655. The minimum Gasteiger partial charge on any atom is -0.491 e. The smallest absolute Gasteiger partial charge is 0.276 e. The van der Waals surface area contributed by atoms with Crippen LogP contribution in [0, 0.1) is 13.8 Å². The van der Waals surface area contributed by atoms with Gasteiger partial charge in [0.15, 0.2) is 0 Å². The number of nitrogens with two attached hydrogens (primary N) is 2. The van der Waals surface area contributed by atoms with E-state index in [2.05, 4.69) is 36.0 Å². The number of imidazole rings is 2. The Labute approximate surface area is 363 Å². The lowest BCUT2D eigenvalue weighted by molar-refractivity contribution is -0.121. The molecule has 6 aromatic rings. The first-order valence-electron chi connectivity index (χ1n) is 20.8. The Morgan fingerprint density at radius 2 is 1.37 bits per heavy atom. The van der Waals surface area contributed by atoms with E-state index in [1.54, 1.807) is 68.1 Å². The first kappa shape index (κ1) is 44.2. The van der Waals surface area contributed by atoms with Gasteiger partial charge < -0.3 is 35.4 Å². The summed E-state index contributed by atoms with van der Waals surface area (Å²) < 4.78 is 19.0. The third kappa shape index (κ3) is 9.32. The van der Waals surface area contributed by atoms with Crippen molar-refractivity contribution < 1.29 is 28.7 Å². The topological polar surface area (TPSA) is 249 Å². The van der Waals surface area contributed by atoms with E-state index in [4.69, 9.17) is 25.9 Å². The molecule has 0 unspecified atom stereocenters. The van der Waals surface area contributed by atoms with Crippen LogP contribution >= 0.6 is 0 Å². The summed E-state index contributed by atoms with van der Waals surface area (Å²) in [5, 5.41) is 17.9. The summed E-state index contributed by atoms with van der Waals surface area (Å²) in [5.74, 6) is -1.26. The molecule has 0 spiro atoms. The Morgan fingerprint density at radius 1 is 0.794 bits per heavy atom. The second kappa shape index (κ2) is 18.6. The number of methoxy groups -OCH3 is 1. The van der Waals surface area contributed by atoms with Crippen molar-refractivity contribution >= 4 is 57.6 Å². The number of likely N-dealkylation sites (tertiary alicyclic amines) is 1. The van der Waals surface area contributed by atoms with E-state index in [0.717, 1.165) is 26.2 Å².